The number of amides is 2. The molecule has 0 aromatic heterocycles. The number of hydrogen-bond acceptors (Lipinski definition) is 2. The summed E-state index contributed by atoms with van der Waals surface area (Å²) in [6, 6.07) is 8.52. The Balaban J connectivity index is 1.76. The van der Waals surface area contributed by atoms with E-state index in [-0.39, 0.29) is 33.5 Å². The standard InChI is InChI=1S/C25H22BrClF6N2O2/c1-2-14-9-16(12-17(27)10-14)19(25(31,32)33)6-4-15-3-5-18(20(26)11-15)21(36)35-23(7-8-23)22(37)34-13-24(28,29)30/h3-6,9-12,19H,2,7-8,13H2,1H3,(H,34,37)(H,35,36). The number of allylic oxidation sites excluding steroid dienone is 1. The van der Waals surface area contributed by atoms with Crippen LogP contribution in [0.4, 0.5) is 26.3 Å². The highest BCUT2D eigenvalue weighted by atomic mass is 79.9. The Morgan fingerprint density at radius 3 is 2.32 bits per heavy atom. The van der Waals surface area contributed by atoms with E-state index in [1.165, 1.54) is 36.4 Å². The van der Waals surface area contributed by atoms with E-state index in [2.05, 4.69) is 21.2 Å². The molecule has 200 valence electrons. The van der Waals surface area contributed by atoms with Gasteiger partial charge in [0.1, 0.15) is 12.1 Å². The number of aryl methyl sites for hydroxylation is 1. The lowest BCUT2D eigenvalue weighted by atomic mass is 9.94. The molecule has 0 heterocycles. The first-order valence-electron chi connectivity index (χ1n) is 11.1. The smallest absolute Gasteiger partial charge is 0.345 e. The van der Waals surface area contributed by atoms with E-state index in [0.717, 1.165) is 6.08 Å². The van der Waals surface area contributed by atoms with Crippen LogP contribution in [0.3, 0.4) is 0 Å². The Morgan fingerprint density at radius 2 is 1.78 bits per heavy atom. The number of nitrogens with one attached hydrogen (secondary N) is 2. The van der Waals surface area contributed by atoms with E-state index < -0.39 is 42.2 Å². The van der Waals surface area contributed by atoms with Crippen LogP contribution in [0, 0.1) is 0 Å². The van der Waals surface area contributed by atoms with Gasteiger partial charge in [0, 0.05) is 9.50 Å². The Hall–Kier alpha value is -2.53. The average molecular weight is 612 g/mol. The van der Waals surface area contributed by atoms with Crippen molar-refractivity contribution in [2.45, 2.75) is 50.0 Å². The molecule has 3 rings (SSSR count). The predicted octanol–water partition coefficient (Wildman–Crippen LogP) is 6.97. The summed E-state index contributed by atoms with van der Waals surface area (Å²) in [7, 11) is 0. The number of carbonyl (C=O) groups is 2. The van der Waals surface area contributed by atoms with Crippen molar-refractivity contribution in [3.63, 3.8) is 0 Å². The predicted molar refractivity (Wildman–Crippen MR) is 131 cm³/mol. The maximum Gasteiger partial charge on any atom is 0.405 e. The maximum absolute atomic E-state index is 13.8. The highest BCUT2D eigenvalue weighted by Crippen LogP contribution is 2.39. The van der Waals surface area contributed by atoms with Crippen LogP contribution in [-0.4, -0.2) is 36.3 Å². The van der Waals surface area contributed by atoms with E-state index in [1.807, 2.05) is 6.92 Å². The Labute approximate surface area is 222 Å². The normalized spacial score (nSPS) is 15.9. The monoisotopic (exact) mass is 610 g/mol. The van der Waals surface area contributed by atoms with Gasteiger partial charge in [0.25, 0.3) is 5.91 Å². The molecule has 0 spiro atoms. The molecule has 0 radical (unpaired) electrons. The number of halogens is 8. The Bertz CT molecular complexity index is 1210. The maximum atomic E-state index is 13.8. The minimum atomic E-state index is -4.59. The highest BCUT2D eigenvalue weighted by Gasteiger charge is 2.52. The summed E-state index contributed by atoms with van der Waals surface area (Å²) in [5.74, 6) is -3.55. The molecule has 0 bridgehead atoms. The number of hydrogen-bond donors (Lipinski definition) is 2. The van der Waals surface area contributed by atoms with Gasteiger partial charge in [0.2, 0.25) is 5.91 Å². The lowest BCUT2D eigenvalue weighted by Crippen LogP contribution is -2.50. The molecule has 2 aromatic rings. The number of alkyl halides is 6. The van der Waals surface area contributed by atoms with Crippen molar-refractivity contribution in [2.75, 3.05) is 6.54 Å². The Kier molecular flexibility index (Phi) is 8.68. The van der Waals surface area contributed by atoms with Crippen LogP contribution in [0.25, 0.3) is 6.08 Å². The molecular formula is C25H22BrClF6N2O2. The molecule has 4 nitrogen and oxygen atoms in total. The molecular weight excluding hydrogens is 590 g/mol. The summed E-state index contributed by atoms with van der Waals surface area (Å²) >= 11 is 9.21. The molecule has 2 aromatic carbocycles. The van der Waals surface area contributed by atoms with Crippen LogP contribution < -0.4 is 10.6 Å². The lowest BCUT2D eigenvalue weighted by molar-refractivity contribution is -0.140. The van der Waals surface area contributed by atoms with Crippen molar-refractivity contribution in [1.82, 2.24) is 10.6 Å². The third-order valence-corrected chi connectivity index (χ3v) is 6.68. The van der Waals surface area contributed by atoms with E-state index in [0.29, 0.717) is 17.5 Å². The quantitative estimate of drug-likeness (QED) is 0.317. The molecule has 1 atom stereocenters. The van der Waals surface area contributed by atoms with Gasteiger partial charge in [-0.05, 0) is 76.1 Å². The fourth-order valence-electron chi connectivity index (χ4n) is 3.66. The summed E-state index contributed by atoms with van der Waals surface area (Å²) < 4.78 is 78.9. The van der Waals surface area contributed by atoms with Gasteiger partial charge < -0.3 is 10.6 Å². The van der Waals surface area contributed by atoms with Crippen LogP contribution >= 0.6 is 27.5 Å². The average Bonchev–Trinajstić information content (AvgIpc) is 3.56. The number of benzene rings is 2. The summed E-state index contributed by atoms with van der Waals surface area (Å²) in [5, 5.41) is 4.43. The molecule has 1 saturated carbocycles. The molecule has 37 heavy (non-hydrogen) atoms. The largest absolute Gasteiger partial charge is 0.405 e. The minimum Gasteiger partial charge on any atom is -0.345 e. The molecule has 1 unspecified atom stereocenters. The minimum absolute atomic E-state index is 0.00157. The third-order valence-electron chi connectivity index (χ3n) is 5.81. The first-order chi connectivity index (χ1) is 17.1. The van der Waals surface area contributed by atoms with Crippen molar-refractivity contribution in [2.24, 2.45) is 0 Å². The first-order valence-corrected chi connectivity index (χ1v) is 12.3. The van der Waals surface area contributed by atoms with Crippen molar-refractivity contribution >= 4 is 45.4 Å². The van der Waals surface area contributed by atoms with Crippen LogP contribution in [-0.2, 0) is 11.2 Å². The molecule has 1 aliphatic rings. The van der Waals surface area contributed by atoms with E-state index in [4.69, 9.17) is 11.6 Å². The number of carbonyl (C=O) groups excluding carboxylic acids is 2. The van der Waals surface area contributed by atoms with Crippen LogP contribution in [0.1, 0.15) is 52.7 Å². The summed E-state index contributed by atoms with van der Waals surface area (Å²) in [4.78, 5) is 24.8. The van der Waals surface area contributed by atoms with Crippen molar-refractivity contribution < 1.29 is 35.9 Å². The molecule has 12 heteroatoms. The summed E-state index contributed by atoms with van der Waals surface area (Å²) in [5.41, 5.74) is -0.319. The van der Waals surface area contributed by atoms with Gasteiger partial charge in [0.05, 0.1) is 11.5 Å². The molecule has 1 aliphatic carbocycles. The zero-order valence-corrected chi connectivity index (χ0v) is 21.7. The molecule has 2 amide bonds. The third kappa shape index (κ3) is 7.73. The highest BCUT2D eigenvalue weighted by molar-refractivity contribution is 9.10. The first kappa shape index (κ1) is 29.0. The molecule has 0 aliphatic heterocycles. The van der Waals surface area contributed by atoms with Crippen LogP contribution in [0.2, 0.25) is 5.02 Å². The molecule has 1 fully saturated rings. The summed E-state index contributed by atoms with van der Waals surface area (Å²) in [6.07, 6.45) is -6.01. The van der Waals surface area contributed by atoms with Gasteiger partial charge in [-0.1, -0.05) is 42.8 Å². The Morgan fingerprint density at radius 1 is 1.11 bits per heavy atom. The SMILES string of the molecule is CCc1cc(Cl)cc(C(C=Cc2ccc(C(=O)NC3(C(=O)NCC(F)(F)F)CC3)c(Br)c2)C(F)(F)F)c1. The van der Waals surface area contributed by atoms with Crippen molar-refractivity contribution in [1.29, 1.82) is 0 Å². The molecule has 2 N–H and O–H groups in total. The zero-order chi connectivity index (χ0) is 27.6. The molecule has 0 saturated heterocycles. The second kappa shape index (κ2) is 11.1. The van der Waals surface area contributed by atoms with Gasteiger partial charge >= 0.3 is 12.4 Å². The van der Waals surface area contributed by atoms with Crippen molar-refractivity contribution in [3.8, 4) is 0 Å². The van der Waals surface area contributed by atoms with Crippen LogP contribution in [0.15, 0.2) is 46.9 Å². The second-order valence-electron chi connectivity index (χ2n) is 8.70. The van der Waals surface area contributed by atoms with Gasteiger partial charge in [-0.15, -0.1) is 0 Å². The summed E-state index contributed by atoms with van der Waals surface area (Å²) in [6.45, 7) is 0.297. The van der Waals surface area contributed by atoms with Crippen molar-refractivity contribution in [3.05, 3.63) is 74.2 Å². The fourth-order valence-corrected chi connectivity index (χ4v) is 4.51. The van der Waals surface area contributed by atoms with Crippen LogP contribution in [0.5, 0.6) is 0 Å². The lowest BCUT2D eigenvalue weighted by Gasteiger charge is -2.19. The van der Waals surface area contributed by atoms with E-state index in [1.54, 1.807) is 11.4 Å². The van der Waals surface area contributed by atoms with Gasteiger partial charge in [0.15, 0.2) is 0 Å². The second-order valence-corrected chi connectivity index (χ2v) is 9.99. The van der Waals surface area contributed by atoms with E-state index >= 15 is 0 Å². The van der Waals surface area contributed by atoms with Gasteiger partial charge in [-0.2, -0.15) is 26.3 Å². The van der Waals surface area contributed by atoms with Gasteiger partial charge in [-0.25, -0.2) is 0 Å². The topological polar surface area (TPSA) is 58.2 Å². The van der Waals surface area contributed by atoms with E-state index in [9.17, 15) is 35.9 Å². The number of rotatable bonds is 8. The fraction of sp³-hybridized carbons (Fsp3) is 0.360. The van der Waals surface area contributed by atoms with Gasteiger partial charge in [-0.3, -0.25) is 9.59 Å². The zero-order valence-electron chi connectivity index (χ0n) is 19.4.